The second-order valence-electron chi connectivity index (χ2n) is 5.75. The molecule has 2 amide bonds. The van der Waals surface area contributed by atoms with Gasteiger partial charge in [-0.15, -0.1) is 0 Å². The highest BCUT2D eigenvalue weighted by Crippen LogP contribution is 2.18. The maximum absolute atomic E-state index is 12.0. The van der Waals surface area contributed by atoms with Crippen molar-refractivity contribution in [3.8, 4) is 5.75 Å². The molecular formula is C18H22N2O5S2. The molecule has 1 saturated heterocycles. The molecule has 0 spiro atoms. The summed E-state index contributed by atoms with van der Waals surface area (Å²) in [6, 6.07) is 6.58. The lowest BCUT2D eigenvalue weighted by atomic mass is 10.2. The molecule has 0 bridgehead atoms. The number of nitrogens with zero attached hydrogens (tertiary/aromatic N) is 1. The predicted octanol–water partition coefficient (Wildman–Crippen LogP) is 2.00. The maximum Gasteiger partial charge on any atom is 0.338 e. The third kappa shape index (κ3) is 6.84. The SMILES string of the molecule is CCCCOc1ccc(C(=O)OCC(=O)NCCN2C(=O)CSC2=S)cc1. The highest BCUT2D eigenvalue weighted by Gasteiger charge is 2.25. The quantitative estimate of drug-likeness (QED) is 0.359. The topological polar surface area (TPSA) is 84.9 Å². The summed E-state index contributed by atoms with van der Waals surface area (Å²) < 4.78 is 11.0. The molecule has 1 N–H and O–H groups in total. The molecule has 1 aliphatic rings. The molecule has 0 atom stereocenters. The number of carbonyl (C=O) groups excluding carboxylic acids is 3. The average molecular weight is 411 g/mol. The van der Waals surface area contributed by atoms with Gasteiger partial charge in [-0.25, -0.2) is 4.79 Å². The van der Waals surface area contributed by atoms with Crippen molar-refractivity contribution in [1.29, 1.82) is 0 Å². The van der Waals surface area contributed by atoms with Crippen molar-refractivity contribution in [2.75, 3.05) is 32.1 Å². The predicted molar refractivity (Wildman–Crippen MR) is 107 cm³/mol. The van der Waals surface area contributed by atoms with Gasteiger partial charge in [0.15, 0.2) is 6.61 Å². The summed E-state index contributed by atoms with van der Waals surface area (Å²) in [6.45, 7) is 2.88. The molecule has 7 nitrogen and oxygen atoms in total. The van der Waals surface area contributed by atoms with E-state index in [1.54, 1.807) is 24.3 Å². The van der Waals surface area contributed by atoms with Crippen LogP contribution >= 0.6 is 24.0 Å². The van der Waals surface area contributed by atoms with E-state index in [1.807, 2.05) is 0 Å². The number of benzene rings is 1. The molecule has 1 aliphatic heterocycles. The summed E-state index contributed by atoms with van der Waals surface area (Å²) in [7, 11) is 0. The zero-order valence-corrected chi connectivity index (χ0v) is 16.7. The molecule has 0 radical (unpaired) electrons. The van der Waals surface area contributed by atoms with E-state index < -0.39 is 11.9 Å². The Morgan fingerprint density at radius 3 is 2.67 bits per heavy atom. The van der Waals surface area contributed by atoms with Gasteiger partial charge in [-0.1, -0.05) is 37.3 Å². The van der Waals surface area contributed by atoms with Gasteiger partial charge in [0.2, 0.25) is 5.91 Å². The molecule has 2 rings (SSSR count). The van der Waals surface area contributed by atoms with Crippen molar-refractivity contribution in [1.82, 2.24) is 10.2 Å². The van der Waals surface area contributed by atoms with Crippen LogP contribution in [0.5, 0.6) is 5.75 Å². The number of thiocarbonyl (C=S) groups is 1. The van der Waals surface area contributed by atoms with Crippen molar-refractivity contribution < 1.29 is 23.9 Å². The first-order chi connectivity index (χ1) is 13.0. The van der Waals surface area contributed by atoms with E-state index in [4.69, 9.17) is 21.7 Å². The number of unbranched alkanes of at least 4 members (excludes halogenated alkanes) is 1. The Bertz CT molecular complexity index is 677. The fraction of sp³-hybridized carbons (Fsp3) is 0.444. The molecule has 1 aromatic rings. The lowest BCUT2D eigenvalue weighted by Gasteiger charge is -2.15. The lowest BCUT2D eigenvalue weighted by Crippen LogP contribution is -2.38. The van der Waals surface area contributed by atoms with Crippen LogP contribution in [0.2, 0.25) is 0 Å². The fourth-order valence-corrected chi connectivity index (χ4v) is 3.31. The first kappa shape index (κ1) is 21.2. The number of ether oxygens (including phenoxy) is 2. The molecule has 9 heteroatoms. The number of thioether (sulfide) groups is 1. The minimum atomic E-state index is -0.586. The number of amides is 2. The number of nitrogens with one attached hydrogen (secondary N) is 1. The maximum atomic E-state index is 12.0. The van der Waals surface area contributed by atoms with Crippen LogP contribution in [0.15, 0.2) is 24.3 Å². The molecular weight excluding hydrogens is 388 g/mol. The first-order valence-electron chi connectivity index (χ1n) is 8.65. The van der Waals surface area contributed by atoms with Crippen LogP contribution < -0.4 is 10.1 Å². The molecule has 146 valence electrons. The monoisotopic (exact) mass is 410 g/mol. The van der Waals surface area contributed by atoms with Crippen LogP contribution in [0.25, 0.3) is 0 Å². The van der Waals surface area contributed by atoms with Gasteiger partial charge in [-0.05, 0) is 30.7 Å². The van der Waals surface area contributed by atoms with Crippen molar-refractivity contribution in [3.05, 3.63) is 29.8 Å². The minimum Gasteiger partial charge on any atom is -0.494 e. The fourth-order valence-electron chi connectivity index (χ4n) is 2.19. The standard InChI is InChI=1S/C18H22N2O5S2/c1-2-3-10-24-14-6-4-13(5-7-14)17(23)25-11-15(21)19-8-9-20-16(22)12-27-18(20)26/h4-7H,2-3,8-12H2,1H3,(H,19,21). The summed E-state index contributed by atoms with van der Waals surface area (Å²) >= 11 is 6.36. The van der Waals surface area contributed by atoms with E-state index in [-0.39, 0.29) is 19.1 Å². The van der Waals surface area contributed by atoms with E-state index in [2.05, 4.69) is 12.2 Å². The van der Waals surface area contributed by atoms with Crippen molar-refractivity contribution in [2.24, 2.45) is 0 Å². The van der Waals surface area contributed by atoms with Gasteiger partial charge in [-0.3, -0.25) is 14.5 Å². The highest BCUT2D eigenvalue weighted by molar-refractivity contribution is 8.23. The van der Waals surface area contributed by atoms with E-state index in [0.29, 0.717) is 34.5 Å². The van der Waals surface area contributed by atoms with Crippen molar-refractivity contribution >= 4 is 46.1 Å². The smallest absolute Gasteiger partial charge is 0.338 e. The molecule has 0 saturated carbocycles. The van der Waals surface area contributed by atoms with Gasteiger partial charge >= 0.3 is 5.97 Å². The summed E-state index contributed by atoms with van der Waals surface area (Å²) in [5.74, 6) is -0.0592. The third-order valence-electron chi connectivity index (χ3n) is 3.69. The minimum absolute atomic E-state index is 0.0622. The highest BCUT2D eigenvalue weighted by atomic mass is 32.2. The second-order valence-corrected chi connectivity index (χ2v) is 7.36. The van der Waals surface area contributed by atoms with Crippen LogP contribution in [0, 0.1) is 0 Å². The van der Waals surface area contributed by atoms with E-state index in [9.17, 15) is 14.4 Å². The first-order valence-corrected chi connectivity index (χ1v) is 10.0. The average Bonchev–Trinajstić information content (AvgIpc) is 2.99. The number of esters is 1. The summed E-state index contributed by atoms with van der Waals surface area (Å²) in [6.07, 6.45) is 2.02. The van der Waals surface area contributed by atoms with Crippen LogP contribution in [0.4, 0.5) is 0 Å². The molecule has 0 aromatic heterocycles. The Morgan fingerprint density at radius 2 is 2.04 bits per heavy atom. The van der Waals surface area contributed by atoms with E-state index in [1.165, 1.54) is 16.7 Å². The molecule has 0 aliphatic carbocycles. The Balaban J connectivity index is 1.67. The van der Waals surface area contributed by atoms with Crippen LogP contribution in [0.3, 0.4) is 0 Å². The molecule has 0 unspecified atom stereocenters. The van der Waals surface area contributed by atoms with Crippen molar-refractivity contribution in [3.63, 3.8) is 0 Å². The van der Waals surface area contributed by atoms with Crippen molar-refractivity contribution in [2.45, 2.75) is 19.8 Å². The van der Waals surface area contributed by atoms with Gasteiger partial charge in [0.25, 0.3) is 5.91 Å². The van der Waals surface area contributed by atoms with Gasteiger partial charge in [0.1, 0.15) is 10.1 Å². The van der Waals surface area contributed by atoms with Crippen LogP contribution in [-0.4, -0.2) is 59.1 Å². The zero-order valence-electron chi connectivity index (χ0n) is 15.1. The Hall–Kier alpha value is -2.13. The summed E-state index contributed by atoms with van der Waals surface area (Å²) in [4.78, 5) is 36.8. The van der Waals surface area contributed by atoms with Gasteiger partial charge in [0.05, 0.1) is 17.9 Å². The van der Waals surface area contributed by atoms with Crippen LogP contribution in [0.1, 0.15) is 30.1 Å². The molecule has 1 heterocycles. The Morgan fingerprint density at radius 1 is 1.30 bits per heavy atom. The van der Waals surface area contributed by atoms with Crippen LogP contribution in [-0.2, 0) is 14.3 Å². The number of hydrogen-bond donors (Lipinski definition) is 1. The second kappa shape index (κ2) is 10.9. The largest absolute Gasteiger partial charge is 0.494 e. The Kier molecular flexibility index (Phi) is 8.53. The summed E-state index contributed by atoms with van der Waals surface area (Å²) in [5, 5.41) is 2.60. The normalized spacial score (nSPS) is 13.6. The number of carbonyl (C=O) groups is 3. The summed E-state index contributed by atoms with van der Waals surface area (Å²) in [5.41, 5.74) is 0.343. The lowest BCUT2D eigenvalue weighted by molar-refractivity contribution is -0.126. The number of rotatable bonds is 10. The number of hydrogen-bond acceptors (Lipinski definition) is 7. The van der Waals surface area contributed by atoms with E-state index in [0.717, 1.165) is 12.8 Å². The molecule has 27 heavy (non-hydrogen) atoms. The van der Waals surface area contributed by atoms with Gasteiger partial charge in [-0.2, -0.15) is 0 Å². The van der Waals surface area contributed by atoms with Gasteiger partial charge in [0, 0.05) is 13.1 Å². The van der Waals surface area contributed by atoms with Gasteiger partial charge < -0.3 is 14.8 Å². The molecule has 1 aromatic carbocycles. The third-order valence-corrected chi connectivity index (χ3v) is 5.12. The molecule has 1 fully saturated rings. The van der Waals surface area contributed by atoms with E-state index >= 15 is 0 Å². The Labute approximate surface area is 167 Å². The zero-order chi connectivity index (χ0) is 19.6.